The number of ether oxygens (including phenoxy) is 1. The van der Waals surface area contributed by atoms with Crippen LogP contribution in [0.25, 0.3) is 11.1 Å². The normalized spacial score (nSPS) is 11.2. The molecule has 0 aliphatic rings. The summed E-state index contributed by atoms with van der Waals surface area (Å²) in [6.07, 6.45) is 1.07. The molecule has 3 aromatic carbocycles. The van der Waals surface area contributed by atoms with Crippen molar-refractivity contribution >= 4 is 27.4 Å². The van der Waals surface area contributed by atoms with Gasteiger partial charge in [-0.3, -0.25) is 0 Å². The zero-order valence-corrected chi connectivity index (χ0v) is 16.1. The van der Waals surface area contributed by atoms with Gasteiger partial charge in [-0.1, -0.05) is 66.2 Å². The van der Waals surface area contributed by atoms with Gasteiger partial charge >= 0.3 is 5.97 Å². The Kier molecular flexibility index (Phi) is 5.63. The number of sulfone groups is 1. The molecule has 0 aliphatic carbocycles. The van der Waals surface area contributed by atoms with Crippen LogP contribution in [0.4, 0.5) is 0 Å². The third kappa shape index (κ3) is 4.76. The van der Waals surface area contributed by atoms with Crippen molar-refractivity contribution in [2.75, 3.05) is 6.26 Å². The molecule has 0 amide bonds. The maximum Gasteiger partial charge on any atom is 0.340 e. The highest BCUT2D eigenvalue weighted by Gasteiger charge is 2.16. The summed E-state index contributed by atoms with van der Waals surface area (Å²) in [6, 6.07) is 21.6. The molecule has 0 spiro atoms. The molecule has 138 valence electrons. The van der Waals surface area contributed by atoms with E-state index in [1.165, 1.54) is 18.2 Å². The third-order valence-corrected chi connectivity index (χ3v) is 5.46. The van der Waals surface area contributed by atoms with E-state index >= 15 is 0 Å². The van der Waals surface area contributed by atoms with Gasteiger partial charge in [-0.25, -0.2) is 13.2 Å². The second kappa shape index (κ2) is 7.94. The van der Waals surface area contributed by atoms with Crippen molar-refractivity contribution in [2.24, 2.45) is 0 Å². The number of esters is 1. The van der Waals surface area contributed by atoms with Crippen LogP contribution >= 0.6 is 11.6 Å². The summed E-state index contributed by atoms with van der Waals surface area (Å²) >= 11 is 6.02. The Balaban J connectivity index is 1.71. The molecular weight excluding hydrogens is 384 g/mol. The molecule has 0 atom stereocenters. The van der Waals surface area contributed by atoms with Gasteiger partial charge in [0.25, 0.3) is 0 Å². The summed E-state index contributed by atoms with van der Waals surface area (Å²) in [5.74, 6) is -0.669. The van der Waals surface area contributed by atoms with E-state index in [1.54, 1.807) is 0 Å². The molecule has 0 N–H and O–H groups in total. The standard InChI is InChI=1S/C21H17ClO4S/c1-27(24,25)18-11-12-20(22)19(13-18)21(23)26-14-15-7-9-17(10-8-15)16-5-3-2-4-6-16/h2-13H,14H2,1H3. The Bertz CT molecular complexity index is 1060. The first-order valence-electron chi connectivity index (χ1n) is 8.16. The van der Waals surface area contributed by atoms with Gasteiger partial charge in [-0.15, -0.1) is 0 Å². The predicted octanol–water partition coefficient (Wildman–Crippen LogP) is 4.77. The van der Waals surface area contributed by atoms with Crippen molar-refractivity contribution < 1.29 is 17.9 Å². The molecule has 0 saturated carbocycles. The highest BCUT2D eigenvalue weighted by molar-refractivity contribution is 7.90. The zero-order valence-electron chi connectivity index (χ0n) is 14.6. The molecule has 0 saturated heterocycles. The Morgan fingerprint density at radius 1 is 0.926 bits per heavy atom. The van der Waals surface area contributed by atoms with Gasteiger partial charge in [0.2, 0.25) is 0 Å². The van der Waals surface area contributed by atoms with Crippen molar-refractivity contribution in [1.82, 2.24) is 0 Å². The Morgan fingerprint density at radius 3 is 2.19 bits per heavy atom. The van der Waals surface area contributed by atoms with E-state index in [4.69, 9.17) is 16.3 Å². The lowest BCUT2D eigenvalue weighted by Gasteiger charge is -2.09. The summed E-state index contributed by atoms with van der Waals surface area (Å²) in [5, 5.41) is 0.145. The van der Waals surface area contributed by atoms with Gasteiger partial charge in [0.05, 0.1) is 15.5 Å². The van der Waals surface area contributed by atoms with Crippen molar-refractivity contribution in [3.8, 4) is 11.1 Å². The first-order valence-corrected chi connectivity index (χ1v) is 10.4. The predicted molar refractivity (Wildman–Crippen MR) is 106 cm³/mol. The van der Waals surface area contributed by atoms with Crippen LogP contribution in [-0.4, -0.2) is 20.6 Å². The molecule has 0 fully saturated rings. The number of halogens is 1. The van der Waals surface area contributed by atoms with Crippen LogP contribution in [0.5, 0.6) is 0 Å². The van der Waals surface area contributed by atoms with E-state index in [1.807, 2.05) is 54.6 Å². The summed E-state index contributed by atoms with van der Waals surface area (Å²) < 4.78 is 28.6. The van der Waals surface area contributed by atoms with Crippen molar-refractivity contribution in [3.05, 3.63) is 88.9 Å². The third-order valence-electron chi connectivity index (χ3n) is 4.02. The minimum absolute atomic E-state index is 0.0195. The van der Waals surface area contributed by atoms with E-state index in [9.17, 15) is 13.2 Å². The average Bonchev–Trinajstić information content (AvgIpc) is 2.66. The van der Waals surface area contributed by atoms with Gasteiger partial charge in [0.15, 0.2) is 9.84 Å². The summed E-state index contributed by atoms with van der Waals surface area (Å²) in [4.78, 5) is 12.3. The number of hydrogen-bond acceptors (Lipinski definition) is 4. The highest BCUT2D eigenvalue weighted by atomic mass is 35.5. The van der Waals surface area contributed by atoms with Gasteiger partial charge in [-0.05, 0) is 34.9 Å². The largest absolute Gasteiger partial charge is 0.457 e. The van der Waals surface area contributed by atoms with Crippen LogP contribution < -0.4 is 0 Å². The van der Waals surface area contributed by atoms with Crippen LogP contribution in [0.3, 0.4) is 0 Å². The molecule has 3 rings (SSSR count). The van der Waals surface area contributed by atoms with Gasteiger partial charge in [-0.2, -0.15) is 0 Å². The molecular formula is C21H17ClO4S. The van der Waals surface area contributed by atoms with Crippen LogP contribution in [0.2, 0.25) is 5.02 Å². The van der Waals surface area contributed by atoms with Crippen LogP contribution in [0.15, 0.2) is 77.7 Å². The SMILES string of the molecule is CS(=O)(=O)c1ccc(Cl)c(C(=O)OCc2ccc(-c3ccccc3)cc2)c1. The summed E-state index contributed by atoms with van der Waals surface area (Å²) in [6.45, 7) is 0.0628. The molecule has 4 nitrogen and oxygen atoms in total. The number of benzene rings is 3. The van der Waals surface area contributed by atoms with Crippen molar-refractivity contribution in [3.63, 3.8) is 0 Å². The fourth-order valence-electron chi connectivity index (χ4n) is 2.54. The van der Waals surface area contributed by atoms with E-state index in [0.29, 0.717) is 0 Å². The lowest BCUT2D eigenvalue weighted by Crippen LogP contribution is -2.08. The zero-order chi connectivity index (χ0) is 19.4. The van der Waals surface area contributed by atoms with Gasteiger partial charge in [0, 0.05) is 6.26 Å². The molecule has 0 radical (unpaired) electrons. The monoisotopic (exact) mass is 400 g/mol. The first kappa shape index (κ1) is 19.1. The van der Waals surface area contributed by atoms with Gasteiger partial charge in [0.1, 0.15) is 6.61 Å². The van der Waals surface area contributed by atoms with Crippen LogP contribution in [0, 0.1) is 0 Å². The second-order valence-corrected chi connectivity index (χ2v) is 8.48. The molecule has 27 heavy (non-hydrogen) atoms. The highest BCUT2D eigenvalue weighted by Crippen LogP contribution is 2.23. The molecule has 3 aromatic rings. The van der Waals surface area contributed by atoms with E-state index in [2.05, 4.69) is 0 Å². The number of carbonyl (C=O) groups excluding carboxylic acids is 1. The Labute approximate surface area is 163 Å². The maximum absolute atomic E-state index is 12.3. The topological polar surface area (TPSA) is 60.4 Å². The maximum atomic E-state index is 12.3. The molecule has 0 heterocycles. The minimum atomic E-state index is -3.44. The van der Waals surface area contributed by atoms with E-state index < -0.39 is 15.8 Å². The Hall–Kier alpha value is -2.63. The quantitative estimate of drug-likeness (QED) is 0.579. The van der Waals surface area contributed by atoms with E-state index in [-0.39, 0.29) is 22.1 Å². The lowest BCUT2D eigenvalue weighted by atomic mass is 10.0. The lowest BCUT2D eigenvalue weighted by molar-refractivity contribution is 0.0472. The average molecular weight is 401 g/mol. The number of hydrogen-bond donors (Lipinski definition) is 0. The van der Waals surface area contributed by atoms with Crippen LogP contribution in [-0.2, 0) is 21.2 Å². The first-order chi connectivity index (χ1) is 12.8. The molecule has 0 aromatic heterocycles. The summed E-state index contributed by atoms with van der Waals surface area (Å²) in [7, 11) is -3.44. The number of carbonyl (C=O) groups is 1. The molecule has 6 heteroatoms. The van der Waals surface area contributed by atoms with Crippen molar-refractivity contribution in [2.45, 2.75) is 11.5 Å². The fraction of sp³-hybridized carbons (Fsp3) is 0.0952. The van der Waals surface area contributed by atoms with E-state index in [0.717, 1.165) is 22.9 Å². The van der Waals surface area contributed by atoms with Crippen LogP contribution in [0.1, 0.15) is 15.9 Å². The Morgan fingerprint density at radius 2 is 1.56 bits per heavy atom. The van der Waals surface area contributed by atoms with Crippen molar-refractivity contribution in [1.29, 1.82) is 0 Å². The number of rotatable bonds is 5. The second-order valence-electron chi connectivity index (χ2n) is 6.05. The smallest absolute Gasteiger partial charge is 0.340 e. The fourth-order valence-corrected chi connectivity index (χ4v) is 3.38. The molecule has 0 unspecified atom stereocenters. The molecule has 0 bridgehead atoms. The minimum Gasteiger partial charge on any atom is -0.457 e. The van der Waals surface area contributed by atoms with Gasteiger partial charge < -0.3 is 4.74 Å². The molecule has 0 aliphatic heterocycles. The summed E-state index contributed by atoms with van der Waals surface area (Å²) in [5.41, 5.74) is 3.01.